The average Bonchev–Trinajstić information content (AvgIpc) is 3.27. The number of likely N-dealkylation sites (tertiary alicyclic amines) is 1. The number of sulfone groups is 1. The van der Waals surface area contributed by atoms with Gasteiger partial charge >= 0.3 is 0 Å². The molecule has 150 valence electrons. The summed E-state index contributed by atoms with van der Waals surface area (Å²) >= 11 is 0. The summed E-state index contributed by atoms with van der Waals surface area (Å²) in [5.74, 6) is -0.965. The van der Waals surface area contributed by atoms with E-state index in [0.717, 1.165) is 30.9 Å². The molecule has 0 N–H and O–H groups in total. The molecule has 29 heavy (non-hydrogen) atoms. The van der Waals surface area contributed by atoms with E-state index in [1.807, 2.05) is 6.92 Å². The van der Waals surface area contributed by atoms with Crippen molar-refractivity contribution in [3.8, 4) is 0 Å². The van der Waals surface area contributed by atoms with Crippen molar-refractivity contribution in [2.45, 2.75) is 36.0 Å². The van der Waals surface area contributed by atoms with Gasteiger partial charge in [-0.25, -0.2) is 12.8 Å². The van der Waals surface area contributed by atoms with Gasteiger partial charge in [0, 0.05) is 24.7 Å². The number of nitrogens with zero attached hydrogens (tertiary/aromatic N) is 2. The third-order valence-corrected chi connectivity index (χ3v) is 7.18. The summed E-state index contributed by atoms with van der Waals surface area (Å²) in [6, 6.07) is 10.3. The Kier molecular flexibility index (Phi) is 5.08. The van der Waals surface area contributed by atoms with Crippen molar-refractivity contribution < 1.29 is 17.6 Å². The molecule has 1 amide bonds. The van der Waals surface area contributed by atoms with Crippen molar-refractivity contribution >= 4 is 26.6 Å². The monoisotopic (exact) mass is 412 g/mol. The lowest BCUT2D eigenvalue weighted by Crippen LogP contribution is -2.29. The van der Waals surface area contributed by atoms with Gasteiger partial charge in [-0.2, -0.15) is 0 Å². The summed E-state index contributed by atoms with van der Waals surface area (Å²) in [4.78, 5) is 18.9. The number of fused-ring (bicyclic) bond motifs is 1. The second-order valence-corrected chi connectivity index (χ2v) is 9.05. The highest BCUT2D eigenvalue weighted by atomic mass is 32.2. The minimum atomic E-state index is -4.07. The molecule has 0 unspecified atom stereocenters. The zero-order valence-electron chi connectivity index (χ0n) is 16.1. The number of carbonyl (C=O) groups is 1. The van der Waals surface area contributed by atoms with E-state index in [9.17, 15) is 17.6 Å². The van der Waals surface area contributed by atoms with Crippen LogP contribution >= 0.6 is 0 Å². The van der Waals surface area contributed by atoms with Crippen molar-refractivity contribution in [3.05, 3.63) is 65.6 Å². The fourth-order valence-electron chi connectivity index (χ4n) is 3.70. The Labute approximate surface area is 169 Å². The van der Waals surface area contributed by atoms with Crippen molar-refractivity contribution in [1.29, 1.82) is 0 Å². The van der Waals surface area contributed by atoms with Gasteiger partial charge in [0.25, 0.3) is 5.91 Å². The maximum Gasteiger partial charge on any atom is 0.256 e. The predicted octanol–water partition coefficient (Wildman–Crippen LogP) is 4.01. The second-order valence-electron chi connectivity index (χ2n) is 7.16. The van der Waals surface area contributed by atoms with Gasteiger partial charge in [-0.1, -0.05) is 19.1 Å². The summed E-state index contributed by atoms with van der Waals surface area (Å²) < 4.78 is 41.2. The third-order valence-electron chi connectivity index (χ3n) is 5.31. The van der Waals surface area contributed by atoms with Crippen molar-refractivity contribution in [1.82, 2.24) is 9.88 Å². The topological polar surface area (TPSA) is 67.3 Å². The molecule has 1 saturated heterocycles. The summed E-state index contributed by atoms with van der Waals surface area (Å²) in [5, 5.41) is 0.120. The van der Waals surface area contributed by atoms with Crippen molar-refractivity contribution in [3.63, 3.8) is 0 Å². The molecule has 4 rings (SSSR count). The quantitative estimate of drug-likeness (QED) is 0.650. The van der Waals surface area contributed by atoms with Gasteiger partial charge in [-0.3, -0.25) is 9.78 Å². The van der Waals surface area contributed by atoms with E-state index in [1.54, 1.807) is 17.0 Å². The first-order valence-corrected chi connectivity index (χ1v) is 11.1. The smallest absolute Gasteiger partial charge is 0.256 e. The molecule has 0 spiro atoms. The van der Waals surface area contributed by atoms with Gasteiger partial charge in [-0.15, -0.1) is 0 Å². The lowest BCUT2D eigenvalue weighted by molar-refractivity contribution is 0.0789. The molecule has 3 aromatic rings. The lowest BCUT2D eigenvalue weighted by Gasteiger charge is -2.19. The number of hydrogen-bond acceptors (Lipinski definition) is 4. The normalized spacial score (nSPS) is 14.5. The van der Waals surface area contributed by atoms with E-state index in [4.69, 9.17) is 0 Å². The molecule has 5 nitrogen and oxygen atoms in total. The molecule has 0 atom stereocenters. The van der Waals surface area contributed by atoms with Gasteiger partial charge in [0.15, 0.2) is 0 Å². The zero-order valence-corrected chi connectivity index (χ0v) is 16.9. The number of rotatable bonds is 4. The highest BCUT2D eigenvalue weighted by Gasteiger charge is 2.31. The fraction of sp³-hybridized carbons (Fsp3) is 0.273. The van der Waals surface area contributed by atoms with Crippen LogP contribution in [0.5, 0.6) is 0 Å². The minimum Gasteiger partial charge on any atom is -0.339 e. The molecule has 1 aliphatic rings. The summed E-state index contributed by atoms with van der Waals surface area (Å²) in [6.45, 7) is 3.13. The van der Waals surface area contributed by atoms with Crippen LogP contribution in [0.15, 0.2) is 58.5 Å². The highest BCUT2D eigenvalue weighted by Crippen LogP contribution is 2.32. The van der Waals surface area contributed by atoms with Gasteiger partial charge in [0.1, 0.15) is 5.82 Å². The number of benzene rings is 2. The zero-order chi connectivity index (χ0) is 20.6. The molecule has 2 aromatic carbocycles. The first-order chi connectivity index (χ1) is 13.9. The molecule has 0 aliphatic carbocycles. The first-order valence-electron chi connectivity index (χ1n) is 9.63. The number of halogens is 1. The number of carbonyl (C=O) groups excluding carboxylic acids is 1. The van der Waals surface area contributed by atoms with Crippen LogP contribution in [-0.2, 0) is 16.3 Å². The van der Waals surface area contributed by atoms with Crippen LogP contribution < -0.4 is 0 Å². The molecule has 2 heterocycles. The van der Waals surface area contributed by atoms with Gasteiger partial charge in [-0.05, 0) is 55.2 Å². The van der Waals surface area contributed by atoms with E-state index < -0.39 is 15.7 Å². The van der Waals surface area contributed by atoms with Crippen LogP contribution in [0.3, 0.4) is 0 Å². The Balaban J connectivity index is 1.97. The van der Waals surface area contributed by atoms with Crippen LogP contribution in [-0.4, -0.2) is 37.3 Å². The number of aryl methyl sites for hydroxylation is 1. The molecule has 1 fully saturated rings. The number of hydrogen-bond donors (Lipinski definition) is 0. The van der Waals surface area contributed by atoms with E-state index >= 15 is 0 Å². The van der Waals surface area contributed by atoms with Crippen LogP contribution in [0, 0.1) is 5.82 Å². The van der Waals surface area contributed by atoms with Crippen molar-refractivity contribution in [2.24, 2.45) is 0 Å². The van der Waals surface area contributed by atoms with Crippen molar-refractivity contribution in [2.75, 3.05) is 13.1 Å². The summed E-state index contributed by atoms with van der Waals surface area (Å²) in [6.07, 6.45) is 3.83. The average molecular weight is 412 g/mol. The Morgan fingerprint density at radius 1 is 1.10 bits per heavy atom. The van der Waals surface area contributed by atoms with Crippen LogP contribution in [0.1, 0.15) is 35.7 Å². The minimum absolute atomic E-state index is 0.00966. The third kappa shape index (κ3) is 3.51. The van der Waals surface area contributed by atoms with E-state index in [0.29, 0.717) is 18.6 Å². The maximum atomic E-state index is 14.0. The Morgan fingerprint density at radius 3 is 2.45 bits per heavy atom. The Bertz CT molecular complexity index is 1180. The molecule has 0 radical (unpaired) electrons. The molecule has 1 aromatic heterocycles. The highest BCUT2D eigenvalue weighted by molar-refractivity contribution is 7.91. The number of pyridine rings is 1. The first kappa shape index (κ1) is 19.5. The molecule has 0 bridgehead atoms. The lowest BCUT2D eigenvalue weighted by atomic mass is 10.1. The summed E-state index contributed by atoms with van der Waals surface area (Å²) in [7, 11) is -4.07. The van der Waals surface area contributed by atoms with Crippen LogP contribution in [0.25, 0.3) is 10.9 Å². The SMILES string of the molecule is CCc1ccc(S(=O)(=O)c2c(C(=O)N3CCCC3)cnc3ccc(F)cc23)cc1. The molecule has 7 heteroatoms. The molecular formula is C22H21FN2O3S. The summed E-state index contributed by atoms with van der Waals surface area (Å²) in [5.41, 5.74) is 1.32. The predicted molar refractivity (Wildman–Crippen MR) is 108 cm³/mol. The van der Waals surface area contributed by atoms with Crippen LogP contribution in [0.2, 0.25) is 0 Å². The number of amides is 1. The molecule has 1 aliphatic heterocycles. The fourth-order valence-corrected chi connectivity index (χ4v) is 5.31. The Morgan fingerprint density at radius 2 is 1.79 bits per heavy atom. The largest absolute Gasteiger partial charge is 0.339 e. The van der Waals surface area contributed by atoms with Crippen LogP contribution in [0.4, 0.5) is 4.39 Å². The standard InChI is InChI=1S/C22H21FN2O3S/c1-2-15-5-8-17(9-6-15)29(27,28)21-18-13-16(23)7-10-20(18)24-14-19(21)22(26)25-11-3-4-12-25/h5-10,13-14H,2-4,11-12H2,1H3. The van der Waals surface area contributed by atoms with Gasteiger partial charge in [0.05, 0.1) is 20.9 Å². The van der Waals surface area contributed by atoms with Gasteiger partial charge in [0.2, 0.25) is 9.84 Å². The van der Waals surface area contributed by atoms with E-state index in [2.05, 4.69) is 4.98 Å². The van der Waals surface area contributed by atoms with E-state index in [1.165, 1.54) is 30.5 Å². The molecule has 0 saturated carbocycles. The molecular weight excluding hydrogens is 391 g/mol. The second kappa shape index (κ2) is 7.55. The number of aromatic nitrogens is 1. The Hall–Kier alpha value is -2.80. The maximum absolute atomic E-state index is 14.0. The van der Waals surface area contributed by atoms with Gasteiger partial charge < -0.3 is 4.90 Å². The van der Waals surface area contributed by atoms with E-state index in [-0.39, 0.29) is 26.6 Å².